The van der Waals surface area contributed by atoms with Crippen LogP contribution in [0.2, 0.25) is 0 Å². The lowest BCUT2D eigenvalue weighted by Gasteiger charge is -2.25. The fourth-order valence-corrected chi connectivity index (χ4v) is 2.93. The maximum atomic E-state index is 5.44. The van der Waals surface area contributed by atoms with E-state index in [0.29, 0.717) is 6.04 Å². The first-order valence-electron chi connectivity index (χ1n) is 8.08. The summed E-state index contributed by atoms with van der Waals surface area (Å²) in [7, 11) is 7.61. The highest BCUT2D eigenvalue weighted by molar-refractivity contribution is 5.43. The molecule has 0 saturated heterocycles. The molecule has 3 heteroatoms. The van der Waals surface area contributed by atoms with Crippen molar-refractivity contribution in [2.75, 3.05) is 28.3 Å². The molecule has 0 fully saturated rings. The minimum Gasteiger partial charge on any atom is -0.493 e. The third-order valence-corrected chi connectivity index (χ3v) is 4.20. The van der Waals surface area contributed by atoms with Gasteiger partial charge in [-0.15, -0.1) is 0 Å². The Labute approximate surface area is 139 Å². The van der Waals surface area contributed by atoms with E-state index in [9.17, 15) is 0 Å². The number of rotatable bonds is 8. The smallest absolute Gasteiger partial charge is 0.161 e. The van der Waals surface area contributed by atoms with E-state index in [1.165, 1.54) is 11.1 Å². The van der Waals surface area contributed by atoms with Crippen molar-refractivity contribution in [3.8, 4) is 11.5 Å². The van der Waals surface area contributed by atoms with Gasteiger partial charge in [0, 0.05) is 6.04 Å². The molecule has 2 rings (SSSR count). The number of methoxy groups -OCH3 is 2. The highest BCUT2D eigenvalue weighted by Crippen LogP contribution is 2.33. The SMILES string of the molecule is COc1ccc(C(CCCc2ccccc2)N(C)C)cc1OC. The number of aryl methyl sites for hydroxylation is 1. The van der Waals surface area contributed by atoms with Crippen molar-refractivity contribution >= 4 is 0 Å². The Morgan fingerprint density at radius 1 is 0.913 bits per heavy atom. The Bertz CT molecular complexity index is 596. The predicted molar refractivity (Wildman–Crippen MR) is 95.4 cm³/mol. The lowest BCUT2D eigenvalue weighted by atomic mass is 9.98. The highest BCUT2D eigenvalue weighted by Gasteiger charge is 2.16. The van der Waals surface area contributed by atoms with E-state index in [-0.39, 0.29) is 0 Å². The molecular formula is C20H27NO2. The first-order chi connectivity index (χ1) is 11.2. The molecule has 0 aliphatic heterocycles. The maximum absolute atomic E-state index is 5.44. The van der Waals surface area contributed by atoms with E-state index >= 15 is 0 Å². The molecule has 0 radical (unpaired) electrons. The van der Waals surface area contributed by atoms with Gasteiger partial charge in [0.25, 0.3) is 0 Å². The molecule has 0 heterocycles. The van der Waals surface area contributed by atoms with Crippen molar-refractivity contribution in [2.24, 2.45) is 0 Å². The molecule has 0 N–H and O–H groups in total. The average molecular weight is 313 g/mol. The summed E-state index contributed by atoms with van der Waals surface area (Å²) in [6.07, 6.45) is 3.37. The Kier molecular flexibility index (Phi) is 6.48. The van der Waals surface area contributed by atoms with Crippen LogP contribution < -0.4 is 9.47 Å². The molecule has 0 aliphatic carbocycles. The van der Waals surface area contributed by atoms with Gasteiger partial charge in [-0.3, -0.25) is 0 Å². The van der Waals surface area contributed by atoms with Crippen molar-refractivity contribution < 1.29 is 9.47 Å². The average Bonchev–Trinajstić information content (AvgIpc) is 2.58. The van der Waals surface area contributed by atoms with Gasteiger partial charge >= 0.3 is 0 Å². The molecule has 0 aromatic heterocycles. The van der Waals surface area contributed by atoms with Gasteiger partial charge in [0.15, 0.2) is 11.5 Å². The second-order valence-corrected chi connectivity index (χ2v) is 5.97. The Hall–Kier alpha value is -2.00. The van der Waals surface area contributed by atoms with Crippen LogP contribution in [-0.2, 0) is 6.42 Å². The summed E-state index contributed by atoms with van der Waals surface area (Å²) in [6, 6.07) is 17.2. The van der Waals surface area contributed by atoms with Crippen LogP contribution in [0.25, 0.3) is 0 Å². The lowest BCUT2D eigenvalue weighted by Crippen LogP contribution is -2.20. The van der Waals surface area contributed by atoms with E-state index in [1.807, 2.05) is 6.07 Å². The van der Waals surface area contributed by atoms with Crippen molar-refractivity contribution in [3.63, 3.8) is 0 Å². The van der Waals surface area contributed by atoms with Gasteiger partial charge in [-0.05, 0) is 56.6 Å². The van der Waals surface area contributed by atoms with Gasteiger partial charge in [0.2, 0.25) is 0 Å². The Balaban J connectivity index is 2.06. The third kappa shape index (κ3) is 4.73. The third-order valence-electron chi connectivity index (χ3n) is 4.20. The molecular weight excluding hydrogens is 286 g/mol. The minimum atomic E-state index is 0.374. The topological polar surface area (TPSA) is 21.7 Å². The van der Waals surface area contributed by atoms with Gasteiger partial charge in [-0.2, -0.15) is 0 Å². The summed E-state index contributed by atoms with van der Waals surface area (Å²) < 4.78 is 10.8. The lowest BCUT2D eigenvalue weighted by molar-refractivity contribution is 0.277. The molecule has 1 atom stereocenters. The summed E-state index contributed by atoms with van der Waals surface area (Å²) in [5.74, 6) is 1.57. The van der Waals surface area contributed by atoms with Crippen molar-refractivity contribution in [1.29, 1.82) is 0 Å². The number of hydrogen-bond donors (Lipinski definition) is 0. The molecule has 0 saturated carbocycles. The first kappa shape index (κ1) is 17.4. The van der Waals surface area contributed by atoms with Crippen LogP contribution >= 0.6 is 0 Å². The van der Waals surface area contributed by atoms with Gasteiger partial charge in [0.05, 0.1) is 14.2 Å². The van der Waals surface area contributed by atoms with E-state index in [1.54, 1.807) is 14.2 Å². The van der Waals surface area contributed by atoms with E-state index in [4.69, 9.17) is 9.47 Å². The van der Waals surface area contributed by atoms with Gasteiger partial charge in [-0.25, -0.2) is 0 Å². The zero-order chi connectivity index (χ0) is 16.7. The van der Waals surface area contributed by atoms with E-state index in [0.717, 1.165) is 30.8 Å². The predicted octanol–water partition coefficient (Wildman–Crippen LogP) is 4.33. The highest BCUT2D eigenvalue weighted by atomic mass is 16.5. The van der Waals surface area contributed by atoms with Crippen LogP contribution in [0, 0.1) is 0 Å². The molecule has 23 heavy (non-hydrogen) atoms. The van der Waals surface area contributed by atoms with Crippen molar-refractivity contribution in [2.45, 2.75) is 25.3 Å². The molecule has 0 amide bonds. The molecule has 3 nitrogen and oxygen atoms in total. The van der Waals surface area contributed by atoms with Gasteiger partial charge < -0.3 is 14.4 Å². The molecule has 1 unspecified atom stereocenters. The number of ether oxygens (including phenoxy) is 2. The fraction of sp³-hybridized carbons (Fsp3) is 0.400. The van der Waals surface area contributed by atoms with E-state index in [2.05, 4.69) is 61.5 Å². The Morgan fingerprint density at radius 3 is 2.22 bits per heavy atom. The number of hydrogen-bond acceptors (Lipinski definition) is 3. The van der Waals surface area contributed by atoms with Crippen molar-refractivity contribution in [1.82, 2.24) is 4.90 Å². The second kappa shape index (κ2) is 8.59. The molecule has 0 aliphatic rings. The molecule has 0 bridgehead atoms. The van der Waals surface area contributed by atoms with Crippen LogP contribution in [0.4, 0.5) is 0 Å². The van der Waals surface area contributed by atoms with Crippen molar-refractivity contribution in [3.05, 3.63) is 59.7 Å². The van der Waals surface area contributed by atoms with Crippen LogP contribution in [0.3, 0.4) is 0 Å². The quantitative estimate of drug-likeness (QED) is 0.724. The maximum Gasteiger partial charge on any atom is 0.161 e. The van der Waals surface area contributed by atoms with Crippen LogP contribution in [0.15, 0.2) is 48.5 Å². The van der Waals surface area contributed by atoms with E-state index < -0.39 is 0 Å². The summed E-state index contributed by atoms with van der Waals surface area (Å²) in [5.41, 5.74) is 2.66. The zero-order valence-electron chi connectivity index (χ0n) is 14.6. The number of nitrogens with zero attached hydrogens (tertiary/aromatic N) is 1. The summed E-state index contributed by atoms with van der Waals surface area (Å²) in [4.78, 5) is 2.27. The largest absolute Gasteiger partial charge is 0.493 e. The second-order valence-electron chi connectivity index (χ2n) is 5.97. The summed E-state index contributed by atoms with van der Waals surface area (Å²) >= 11 is 0. The zero-order valence-corrected chi connectivity index (χ0v) is 14.6. The minimum absolute atomic E-state index is 0.374. The van der Waals surface area contributed by atoms with Crippen LogP contribution in [0.5, 0.6) is 11.5 Å². The molecule has 2 aromatic rings. The molecule has 2 aromatic carbocycles. The standard InChI is InChI=1S/C20H27NO2/c1-21(2)18(12-8-11-16-9-6-5-7-10-16)17-13-14-19(22-3)20(15-17)23-4/h5-7,9-10,13-15,18H,8,11-12H2,1-4H3. The van der Waals surface area contributed by atoms with Gasteiger partial charge in [-0.1, -0.05) is 36.4 Å². The monoisotopic (exact) mass is 313 g/mol. The fourth-order valence-electron chi connectivity index (χ4n) is 2.93. The Morgan fingerprint density at radius 2 is 1.61 bits per heavy atom. The normalized spacial score (nSPS) is 12.2. The van der Waals surface area contributed by atoms with Crippen LogP contribution in [0.1, 0.15) is 30.0 Å². The van der Waals surface area contributed by atoms with Gasteiger partial charge in [0.1, 0.15) is 0 Å². The number of benzene rings is 2. The summed E-state index contributed by atoms with van der Waals surface area (Å²) in [5, 5.41) is 0. The summed E-state index contributed by atoms with van der Waals surface area (Å²) in [6.45, 7) is 0. The molecule has 124 valence electrons. The first-order valence-corrected chi connectivity index (χ1v) is 8.08. The molecule has 0 spiro atoms. The van der Waals surface area contributed by atoms with Crippen LogP contribution in [-0.4, -0.2) is 33.2 Å².